The largest absolute Gasteiger partial charge is 0.360 e. The molecule has 0 aliphatic rings. The molecule has 0 fully saturated rings. The molecule has 19 heavy (non-hydrogen) atoms. The third kappa shape index (κ3) is 3.88. The van der Waals surface area contributed by atoms with Crippen molar-refractivity contribution in [3.05, 3.63) is 23.7 Å². The summed E-state index contributed by atoms with van der Waals surface area (Å²) >= 11 is 0. The van der Waals surface area contributed by atoms with Crippen LogP contribution in [-0.2, 0) is 17.9 Å². The molecule has 0 saturated heterocycles. The van der Waals surface area contributed by atoms with Crippen LogP contribution in [0, 0.1) is 6.92 Å². The van der Waals surface area contributed by atoms with E-state index in [4.69, 9.17) is 4.52 Å². The van der Waals surface area contributed by atoms with Gasteiger partial charge in [-0.25, -0.2) is 0 Å². The number of aryl methyl sites for hydroxylation is 2. The molecule has 0 aliphatic heterocycles. The molecular weight excluding hydrogens is 248 g/mol. The summed E-state index contributed by atoms with van der Waals surface area (Å²) < 4.78 is 6.50. The van der Waals surface area contributed by atoms with E-state index < -0.39 is 0 Å². The first-order valence-electron chi connectivity index (χ1n) is 5.94. The Morgan fingerprint density at radius 2 is 2.37 bits per heavy atom. The van der Waals surface area contributed by atoms with Crippen LogP contribution in [0.2, 0.25) is 0 Å². The molecule has 0 bridgehead atoms. The Bertz CT molecular complexity index is 547. The van der Waals surface area contributed by atoms with E-state index in [9.17, 15) is 4.79 Å². The van der Waals surface area contributed by atoms with Gasteiger partial charge in [0.15, 0.2) is 5.82 Å². The van der Waals surface area contributed by atoms with Gasteiger partial charge in [0, 0.05) is 25.2 Å². The zero-order valence-electron chi connectivity index (χ0n) is 10.9. The van der Waals surface area contributed by atoms with Crippen molar-refractivity contribution in [2.24, 2.45) is 0 Å². The van der Waals surface area contributed by atoms with E-state index >= 15 is 0 Å². The highest BCUT2D eigenvalue weighted by atomic mass is 16.5. The average Bonchev–Trinajstić information content (AvgIpc) is 2.97. The molecule has 0 saturated carbocycles. The van der Waals surface area contributed by atoms with Crippen LogP contribution in [-0.4, -0.2) is 33.1 Å². The standard InChI is InChI=1S/C11H16N6O2/c1-8-5-10(15-19-8)13-11(18)3-4-17-7-9(6-12-2)14-16-17/h5,7,12H,3-4,6H2,1-2H3,(H,13,15,18). The summed E-state index contributed by atoms with van der Waals surface area (Å²) in [6, 6.07) is 1.67. The van der Waals surface area contributed by atoms with Gasteiger partial charge >= 0.3 is 0 Å². The smallest absolute Gasteiger partial charge is 0.227 e. The molecule has 2 aromatic heterocycles. The van der Waals surface area contributed by atoms with Gasteiger partial charge in [-0.2, -0.15) is 0 Å². The molecule has 0 radical (unpaired) electrons. The second-order valence-electron chi connectivity index (χ2n) is 4.12. The van der Waals surface area contributed by atoms with Crippen LogP contribution in [0.25, 0.3) is 0 Å². The molecule has 1 amide bonds. The third-order valence-electron chi connectivity index (χ3n) is 2.41. The van der Waals surface area contributed by atoms with Crippen molar-refractivity contribution in [1.29, 1.82) is 0 Å². The number of carbonyl (C=O) groups is 1. The number of nitrogens with zero attached hydrogens (tertiary/aromatic N) is 4. The molecule has 102 valence electrons. The van der Waals surface area contributed by atoms with E-state index in [1.807, 2.05) is 13.2 Å². The molecular formula is C11H16N6O2. The minimum atomic E-state index is -0.140. The molecule has 0 aliphatic carbocycles. The minimum Gasteiger partial charge on any atom is -0.360 e. The maximum Gasteiger partial charge on any atom is 0.227 e. The molecule has 0 atom stereocenters. The first-order chi connectivity index (χ1) is 9.17. The first kappa shape index (κ1) is 13.2. The zero-order valence-corrected chi connectivity index (χ0v) is 10.9. The van der Waals surface area contributed by atoms with Crippen molar-refractivity contribution >= 4 is 11.7 Å². The van der Waals surface area contributed by atoms with Crippen LogP contribution in [0.15, 0.2) is 16.8 Å². The van der Waals surface area contributed by atoms with Crippen LogP contribution in [0.4, 0.5) is 5.82 Å². The lowest BCUT2D eigenvalue weighted by atomic mass is 10.4. The topological polar surface area (TPSA) is 97.9 Å². The SMILES string of the molecule is CNCc1cn(CCC(=O)Nc2cc(C)on2)nn1. The van der Waals surface area contributed by atoms with Gasteiger partial charge in [-0.15, -0.1) is 5.10 Å². The summed E-state index contributed by atoms with van der Waals surface area (Å²) in [6.45, 7) is 2.89. The number of anilines is 1. The van der Waals surface area contributed by atoms with E-state index in [-0.39, 0.29) is 5.91 Å². The molecule has 2 heterocycles. The van der Waals surface area contributed by atoms with Crippen LogP contribution in [0.3, 0.4) is 0 Å². The lowest BCUT2D eigenvalue weighted by Crippen LogP contribution is -2.15. The summed E-state index contributed by atoms with van der Waals surface area (Å²) in [5, 5.41) is 17.2. The van der Waals surface area contributed by atoms with Crippen molar-refractivity contribution in [1.82, 2.24) is 25.5 Å². The highest BCUT2D eigenvalue weighted by Crippen LogP contribution is 2.07. The van der Waals surface area contributed by atoms with Crippen LogP contribution in [0.5, 0.6) is 0 Å². The Morgan fingerprint density at radius 1 is 1.53 bits per heavy atom. The summed E-state index contributed by atoms with van der Waals surface area (Å²) in [4.78, 5) is 11.7. The maximum atomic E-state index is 11.7. The van der Waals surface area contributed by atoms with Gasteiger partial charge < -0.3 is 15.2 Å². The highest BCUT2D eigenvalue weighted by Gasteiger charge is 2.07. The Labute approximate surface area is 110 Å². The zero-order chi connectivity index (χ0) is 13.7. The Hall–Kier alpha value is -2.22. The molecule has 2 aromatic rings. The van der Waals surface area contributed by atoms with Crippen molar-refractivity contribution in [3.63, 3.8) is 0 Å². The fourth-order valence-electron chi connectivity index (χ4n) is 1.56. The summed E-state index contributed by atoms with van der Waals surface area (Å²) in [6.07, 6.45) is 2.11. The Kier molecular flexibility index (Phi) is 4.24. The number of hydrogen-bond donors (Lipinski definition) is 2. The van der Waals surface area contributed by atoms with Gasteiger partial charge in [0.25, 0.3) is 0 Å². The van der Waals surface area contributed by atoms with Gasteiger partial charge in [-0.1, -0.05) is 10.4 Å². The number of carbonyl (C=O) groups excluding carboxylic acids is 1. The molecule has 8 nitrogen and oxygen atoms in total. The predicted octanol–water partition coefficient (Wildman–Crippen LogP) is 0.323. The number of hydrogen-bond acceptors (Lipinski definition) is 6. The number of amides is 1. The van der Waals surface area contributed by atoms with Gasteiger partial charge in [0.1, 0.15) is 5.76 Å². The monoisotopic (exact) mass is 264 g/mol. The van der Waals surface area contributed by atoms with Crippen LogP contribution >= 0.6 is 0 Å². The lowest BCUT2D eigenvalue weighted by molar-refractivity contribution is -0.116. The lowest BCUT2D eigenvalue weighted by Gasteiger charge is -2.00. The predicted molar refractivity (Wildman–Crippen MR) is 67.3 cm³/mol. The van der Waals surface area contributed by atoms with Crippen molar-refractivity contribution in [2.45, 2.75) is 26.4 Å². The van der Waals surface area contributed by atoms with E-state index in [0.717, 1.165) is 5.69 Å². The molecule has 0 unspecified atom stereocenters. The van der Waals surface area contributed by atoms with Crippen molar-refractivity contribution < 1.29 is 9.32 Å². The van der Waals surface area contributed by atoms with Crippen molar-refractivity contribution in [3.8, 4) is 0 Å². The quantitative estimate of drug-likeness (QED) is 0.780. The van der Waals surface area contributed by atoms with Gasteiger partial charge in [0.05, 0.1) is 12.2 Å². The average molecular weight is 264 g/mol. The van der Waals surface area contributed by atoms with Crippen LogP contribution in [0.1, 0.15) is 17.9 Å². The number of aromatic nitrogens is 4. The van der Waals surface area contributed by atoms with Gasteiger partial charge in [-0.05, 0) is 14.0 Å². The molecule has 0 spiro atoms. The van der Waals surface area contributed by atoms with E-state index in [2.05, 4.69) is 26.1 Å². The molecule has 0 aromatic carbocycles. The van der Waals surface area contributed by atoms with E-state index in [0.29, 0.717) is 31.1 Å². The normalized spacial score (nSPS) is 10.6. The number of nitrogens with one attached hydrogen (secondary N) is 2. The van der Waals surface area contributed by atoms with Crippen molar-refractivity contribution in [2.75, 3.05) is 12.4 Å². The van der Waals surface area contributed by atoms with Crippen LogP contribution < -0.4 is 10.6 Å². The molecule has 2 N–H and O–H groups in total. The molecule has 8 heteroatoms. The second-order valence-corrected chi connectivity index (χ2v) is 4.12. The fourth-order valence-corrected chi connectivity index (χ4v) is 1.56. The highest BCUT2D eigenvalue weighted by molar-refractivity contribution is 5.89. The van der Waals surface area contributed by atoms with E-state index in [1.165, 1.54) is 0 Å². The molecule has 2 rings (SSSR count). The Morgan fingerprint density at radius 3 is 3.05 bits per heavy atom. The summed E-state index contributed by atoms with van der Waals surface area (Å²) in [7, 11) is 1.84. The minimum absolute atomic E-state index is 0.140. The van der Waals surface area contributed by atoms with Gasteiger partial charge in [0.2, 0.25) is 5.91 Å². The second kappa shape index (κ2) is 6.10. The summed E-state index contributed by atoms with van der Waals surface area (Å²) in [5.41, 5.74) is 0.843. The van der Waals surface area contributed by atoms with E-state index in [1.54, 1.807) is 17.7 Å². The first-order valence-corrected chi connectivity index (χ1v) is 5.94. The van der Waals surface area contributed by atoms with Gasteiger partial charge in [-0.3, -0.25) is 9.48 Å². The third-order valence-corrected chi connectivity index (χ3v) is 2.41. The number of rotatable bonds is 6. The Balaban J connectivity index is 1.79. The maximum absolute atomic E-state index is 11.7. The summed E-state index contributed by atoms with van der Waals surface area (Å²) in [5.74, 6) is 0.944. The fraction of sp³-hybridized carbons (Fsp3) is 0.455.